The van der Waals surface area contributed by atoms with Gasteiger partial charge in [0.15, 0.2) is 0 Å². The lowest BCUT2D eigenvalue weighted by molar-refractivity contribution is -0.119. The van der Waals surface area contributed by atoms with E-state index in [1.165, 1.54) is 6.92 Å². The van der Waals surface area contributed by atoms with E-state index in [0.29, 0.717) is 12.8 Å². The molecule has 5 heteroatoms. The van der Waals surface area contributed by atoms with Gasteiger partial charge in [-0.25, -0.2) is 0 Å². The van der Waals surface area contributed by atoms with Gasteiger partial charge in [-0.15, -0.1) is 0 Å². The molecule has 0 aliphatic rings. The number of Topliss-reactive ketones (excluding diaryl/α,β-unsaturated/α-hetero) is 1. The van der Waals surface area contributed by atoms with Crippen LogP contribution in [0.25, 0.3) is 0 Å². The summed E-state index contributed by atoms with van der Waals surface area (Å²) in [6.45, 7) is 8.95. The Morgan fingerprint density at radius 3 is 1.88 bits per heavy atom. The molecule has 0 unspecified atom stereocenters. The lowest BCUT2D eigenvalue weighted by Gasteiger charge is -2.33. The third-order valence-corrected chi connectivity index (χ3v) is 3.40. The number of carbonyl (C=O) groups is 1. The van der Waals surface area contributed by atoms with Crippen molar-refractivity contribution in [3.63, 3.8) is 0 Å². The Morgan fingerprint density at radius 2 is 1.56 bits per heavy atom. The van der Waals surface area contributed by atoms with Gasteiger partial charge in [0.25, 0.3) is 10.1 Å². The van der Waals surface area contributed by atoms with Crippen molar-refractivity contribution in [1.82, 2.24) is 0 Å². The van der Waals surface area contributed by atoms with Crippen LogP contribution in [0.3, 0.4) is 0 Å². The van der Waals surface area contributed by atoms with Gasteiger partial charge in [0.1, 0.15) is 5.78 Å². The fraction of sp³-hybridized carbons (Fsp3) is 0.909. The standard InChI is InChI=1S/C11H22O4S/c1-9(12)6-10(2,3)7-11(4,5)8-16(13,14)15/h6-8H2,1-5H3,(H,13,14,15). The summed E-state index contributed by atoms with van der Waals surface area (Å²) in [6, 6.07) is 0. The third-order valence-electron chi connectivity index (χ3n) is 2.26. The predicted molar refractivity (Wildman–Crippen MR) is 63.9 cm³/mol. The summed E-state index contributed by atoms with van der Waals surface area (Å²) in [5.41, 5.74) is -0.785. The van der Waals surface area contributed by atoms with Crippen LogP contribution in [0.15, 0.2) is 0 Å². The molecule has 0 aliphatic carbocycles. The molecule has 0 bridgehead atoms. The molecule has 0 atom stereocenters. The van der Waals surface area contributed by atoms with Crippen LogP contribution < -0.4 is 0 Å². The minimum Gasteiger partial charge on any atom is -0.300 e. The van der Waals surface area contributed by atoms with E-state index < -0.39 is 15.5 Å². The lowest BCUT2D eigenvalue weighted by Crippen LogP contribution is -2.30. The first-order chi connectivity index (χ1) is 6.83. The number of rotatable bonds is 6. The molecule has 0 amide bonds. The van der Waals surface area contributed by atoms with Crippen molar-refractivity contribution in [2.45, 2.75) is 47.5 Å². The molecule has 1 N–H and O–H groups in total. The molecule has 0 aromatic carbocycles. The average Bonchev–Trinajstić information content (AvgIpc) is 1.69. The summed E-state index contributed by atoms with van der Waals surface area (Å²) in [5.74, 6) is -0.186. The molecule has 0 aromatic rings. The summed E-state index contributed by atoms with van der Waals surface area (Å²) in [6.07, 6.45) is 0.987. The van der Waals surface area contributed by atoms with Gasteiger partial charge in [-0.05, 0) is 24.2 Å². The van der Waals surface area contributed by atoms with Gasteiger partial charge in [0.05, 0.1) is 5.75 Å². The van der Waals surface area contributed by atoms with E-state index in [4.69, 9.17) is 4.55 Å². The van der Waals surface area contributed by atoms with Gasteiger partial charge in [-0.3, -0.25) is 4.55 Å². The Kier molecular flexibility index (Phi) is 4.71. The molecule has 0 spiro atoms. The second-order valence-corrected chi connectivity index (χ2v) is 7.56. The maximum Gasteiger partial charge on any atom is 0.265 e. The summed E-state index contributed by atoms with van der Waals surface area (Å²) >= 11 is 0. The SMILES string of the molecule is CC(=O)CC(C)(C)CC(C)(C)CS(=O)(=O)O. The smallest absolute Gasteiger partial charge is 0.265 e. The van der Waals surface area contributed by atoms with Gasteiger partial charge < -0.3 is 4.79 Å². The Morgan fingerprint density at radius 1 is 1.12 bits per heavy atom. The Hall–Kier alpha value is -0.420. The molecule has 0 heterocycles. The van der Waals surface area contributed by atoms with Crippen LogP contribution in [0, 0.1) is 10.8 Å². The van der Waals surface area contributed by atoms with E-state index >= 15 is 0 Å². The largest absolute Gasteiger partial charge is 0.300 e. The molecule has 4 nitrogen and oxygen atoms in total. The molecular formula is C11H22O4S. The number of ketones is 1. The molecule has 0 aliphatic heterocycles. The lowest BCUT2D eigenvalue weighted by atomic mass is 9.73. The van der Waals surface area contributed by atoms with Crippen molar-refractivity contribution in [1.29, 1.82) is 0 Å². The van der Waals surface area contributed by atoms with Crippen LogP contribution in [-0.4, -0.2) is 24.5 Å². The van der Waals surface area contributed by atoms with E-state index in [9.17, 15) is 13.2 Å². The highest BCUT2D eigenvalue weighted by Crippen LogP contribution is 2.37. The number of hydrogen-bond acceptors (Lipinski definition) is 3. The number of carbonyl (C=O) groups excluding carboxylic acids is 1. The van der Waals surface area contributed by atoms with Crippen molar-refractivity contribution in [3.8, 4) is 0 Å². The van der Waals surface area contributed by atoms with Crippen molar-refractivity contribution in [2.24, 2.45) is 10.8 Å². The Labute approximate surface area is 98.2 Å². The van der Waals surface area contributed by atoms with Crippen LogP contribution in [0.1, 0.15) is 47.5 Å². The molecule has 0 saturated carbocycles. The topological polar surface area (TPSA) is 71.4 Å². The maximum absolute atomic E-state index is 11.1. The zero-order valence-corrected chi connectivity index (χ0v) is 11.5. The van der Waals surface area contributed by atoms with Gasteiger partial charge in [0.2, 0.25) is 0 Å². The van der Waals surface area contributed by atoms with Gasteiger partial charge in [-0.1, -0.05) is 27.7 Å². The first kappa shape index (κ1) is 15.6. The van der Waals surface area contributed by atoms with Crippen molar-refractivity contribution in [3.05, 3.63) is 0 Å². The molecular weight excluding hydrogens is 228 g/mol. The van der Waals surface area contributed by atoms with Crippen LogP contribution in [0.4, 0.5) is 0 Å². The molecule has 96 valence electrons. The second-order valence-electron chi connectivity index (χ2n) is 6.11. The molecule has 0 radical (unpaired) electrons. The van der Waals surface area contributed by atoms with Crippen LogP contribution >= 0.6 is 0 Å². The molecule has 0 saturated heterocycles. The highest BCUT2D eigenvalue weighted by molar-refractivity contribution is 7.85. The Bertz CT molecular complexity index is 352. The average molecular weight is 250 g/mol. The van der Waals surface area contributed by atoms with Crippen molar-refractivity contribution < 1.29 is 17.8 Å². The molecule has 16 heavy (non-hydrogen) atoms. The quantitative estimate of drug-likeness (QED) is 0.734. The Balaban J connectivity index is 4.63. The normalized spacial score (nSPS) is 13.9. The van der Waals surface area contributed by atoms with Gasteiger partial charge in [-0.2, -0.15) is 8.42 Å². The summed E-state index contributed by atoms with van der Waals surface area (Å²) in [7, 11) is -3.97. The minimum absolute atomic E-state index is 0.0904. The van der Waals surface area contributed by atoms with Crippen LogP contribution in [0.2, 0.25) is 0 Å². The molecule has 0 rings (SSSR count). The van der Waals surface area contributed by atoms with Crippen molar-refractivity contribution >= 4 is 15.9 Å². The fourth-order valence-electron chi connectivity index (χ4n) is 2.58. The molecule has 0 fully saturated rings. The third kappa shape index (κ3) is 7.82. The summed E-state index contributed by atoms with van der Waals surface area (Å²) < 4.78 is 30.5. The zero-order chi connectivity index (χ0) is 13.2. The van der Waals surface area contributed by atoms with Crippen molar-refractivity contribution in [2.75, 3.05) is 5.75 Å². The van der Waals surface area contributed by atoms with E-state index in [0.717, 1.165) is 0 Å². The summed E-state index contributed by atoms with van der Waals surface area (Å²) in [4.78, 5) is 11.1. The first-order valence-corrected chi connectivity index (χ1v) is 6.89. The van der Waals surface area contributed by atoms with E-state index in [-0.39, 0.29) is 17.0 Å². The fourth-order valence-corrected chi connectivity index (χ4v) is 3.67. The second kappa shape index (κ2) is 4.84. The van der Waals surface area contributed by atoms with Gasteiger partial charge in [0, 0.05) is 6.42 Å². The monoisotopic (exact) mass is 250 g/mol. The predicted octanol–water partition coefficient (Wildman–Crippen LogP) is 2.30. The van der Waals surface area contributed by atoms with Crippen LogP contribution in [0.5, 0.6) is 0 Å². The van der Waals surface area contributed by atoms with E-state index in [2.05, 4.69) is 0 Å². The maximum atomic E-state index is 11.1. The van der Waals surface area contributed by atoms with Gasteiger partial charge >= 0.3 is 0 Å². The first-order valence-electron chi connectivity index (χ1n) is 5.28. The van der Waals surface area contributed by atoms with E-state index in [1.807, 2.05) is 13.8 Å². The highest BCUT2D eigenvalue weighted by Gasteiger charge is 2.32. The highest BCUT2D eigenvalue weighted by atomic mass is 32.2. The molecule has 0 aromatic heterocycles. The zero-order valence-electron chi connectivity index (χ0n) is 10.7. The summed E-state index contributed by atoms with van der Waals surface area (Å²) in [5, 5.41) is 0. The van der Waals surface area contributed by atoms with Crippen LogP contribution in [-0.2, 0) is 14.9 Å². The number of hydrogen-bond donors (Lipinski definition) is 1. The minimum atomic E-state index is -3.97. The van der Waals surface area contributed by atoms with E-state index in [1.54, 1.807) is 13.8 Å².